The summed E-state index contributed by atoms with van der Waals surface area (Å²) in [5.74, 6) is -0.583. The number of carbonyl (C=O) groups excluding carboxylic acids is 2. The van der Waals surface area contributed by atoms with Crippen LogP contribution >= 0.6 is 46.0 Å². The van der Waals surface area contributed by atoms with Gasteiger partial charge in [0.2, 0.25) is 0 Å². The molecule has 0 aliphatic rings. The maximum Gasteiger partial charge on any atom is 0.338 e. The number of aryl methyl sites for hydroxylation is 2. The fourth-order valence-electron chi connectivity index (χ4n) is 3.14. The number of hydrogen-bond donors (Lipinski definition) is 2. The van der Waals surface area contributed by atoms with Gasteiger partial charge in [-0.05, 0) is 96.5 Å². The zero-order valence-electron chi connectivity index (χ0n) is 20.5. The molecule has 2 aromatic carbocycles. The second-order valence-electron chi connectivity index (χ2n) is 7.64. The molecule has 0 saturated heterocycles. The summed E-state index contributed by atoms with van der Waals surface area (Å²) in [6.07, 6.45) is 3.63. The van der Waals surface area contributed by atoms with Crippen LogP contribution in [0.5, 0.6) is 0 Å². The predicted octanol–water partition coefficient (Wildman–Crippen LogP) is 5.74. The van der Waals surface area contributed by atoms with Crippen LogP contribution in [-0.4, -0.2) is 46.9 Å². The number of rotatable bonds is 12. The van der Waals surface area contributed by atoms with Crippen LogP contribution in [0.1, 0.15) is 58.5 Å². The molecule has 0 unspecified atom stereocenters. The number of ether oxygens (including phenoxy) is 2. The Hall–Kier alpha value is -2.14. The number of carbonyl (C=O) groups is 2. The van der Waals surface area contributed by atoms with Crippen LogP contribution in [0.25, 0.3) is 0 Å². The average Bonchev–Trinajstić information content (AvgIpc) is 2.89. The highest BCUT2D eigenvalue weighted by Crippen LogP contribution is 2.23. The van der Waals surface area contributed by atoms with Crippen LogP contribution in [0.4, 0.5) is 0 Å². The molecule has 2 rings (SSSR count). The zero-order valence-corrected chi connectivity index (χ0v) is 23.8. The van der Waals surface area contributed by atoms with E-state index in [2.05, 4.69) is 10.6 Å². The second-order valence-corrected chi connectivity index (χ2v) is 11.1. The minimum Gasteiger partial charge on any atom is -0.462 e. The summed E-state index contributed by atoms with van der Waals surface area (Å²) in [5, 5.41) is 6.49. The highest BCUT2D eigenvalue weighted by atomic mass is 33.1. The van der Waals surface area contributed by atoms with Crippen molar-refractivity contribution in [2.45, 2.75) is 39.5 Å². The largest absolute Gasteiger partial charge is 0.462 e. The third-order valence-electron chi connectivity index (χ3n) is 4.95. The summed E-state index contributed by atoms with van der Waals surface area (Å²) in [6.45, 7) is 5.87. The van der Waals surface area contributed by atoms with Gasteiger partial charge in [0, 0.05) is 13.1 Å². The molecule has 0 saturated carbocycles. The fraction of sp³-hybridized carbons (Fsp3) is 0.385. The van der Waals surface area contributed by atoms with E-state index in [4.69, 9.17) is 33.9 Å². The van der Waals surface area contributed by atoms with Crippen LogP contribution in [-0.2, 0) is 22.3 Å². The molecule has 0 heterocycles. The summed E-state index contributed by atoms with van der Waals surface area (Å²) < 4.78 is 11.4. The first-order valence-corrected chi connectivity index (χ1v) is 14.8. The Labute approximate surface area is 232 Å². The van der Waals surface area contributed by atoms with Gasteiger partial charge in [0.15, 0.2) is 0 Å². The second kappa shape index (κ2) is 17.3. The van der Waals surface area contributed by atoms with Gasteiger partial charge in [-0.2, -0.15) is 0 Å². The Bertz CT molecular complexity index is 917. The molecule has 0 aliphatic carbocycles. The van der Waals surface area contributed by atoms with E-state index in [1.807, 2.05) is 24.3 Å². The zero-order chi connectivity index (χ0) is 26.2. The molecular formula is C26H32N2O4S4. The van der Waals surface area contributed by atoms with Gasteiger partial charge >= 0.3 is 11.9 Å². The molecule has 36 heavy (non-hydrogen) atoms. The van der Waals surface area contributed by atoms with Crippen molar-refractivity contribution >= 4 is 66.6 Å². The summed E-state index contributed by atoms with van der Waals surface area (Å²) in [5.41, 5.74) is 3.47. The molecular weight excluding hydrogens is 533 g/mol. The molecule has 2 N–H and O–H groups in total. The van der Waals surface area contributed by atoms with Crippen molar-refractivity contribution in [3.8, 4) is 0 Å². The van der Waals surface area contributed by atoms with E-state index >= 15 is 0 Å². The van der Waals surface area contributed by atoms with Crippen molar-refractivity contribution in [1.29, 1.82) is 0 Å². The van der Waals surface area contributed by atoms with E-state index in [0.29, 0.717) is 33.0 Å². The lowest BCUT2D eigenvalue weighted by Crippen LogP contribution is -2.22. The Morgan fingerprint density at radius 2 is 1.06 bits per heavy atom. The van der Waals surface area contributed by atoms with Gasteiger partial charge in [-0.3, -0.25) is 0 Å². The lowest BCUT2D eigenvalue weighted by molar-refractivity contribution is 0.0516. The van der Waals surface area contributed by atoms with E-state index in [9.17, 15) is 9.59 Å². The molecule has 0 atom stereocenters. The lowest BCUT2D eigenvalue weighted by Gasteiger charge is -2.09. The molecule has 6 nitrogen and oxygen atoms in total. The molecule has 0 radical (unpaired) electrons. The number of hydrogen-bond acceptors (Lipinski definition) is 8. The third kappa shape index (κ3) is 11.7. The number of thiocarbonyl (C=S) groups is 2. The topological polar surface area (TPSA) is 76.7 Å². The summed E-state index contributed by atoms with van der Waals surface area (Å²) >= 11 is 10.8. The van der Waals surface area contributed by atoms with E-state index in [-0.39, 0.29) is 11.9 Å². The van der Waals surface area contributed by atoms with Crippen molar-refractivity contribution in [3.05, 3.63) is 70.8 Å². The van der Waals surface area contributed by atoms with Crippen LogP contribution in [0.15, 0.2) is 48.5 Å². The fourth-order valence-corrected chi connectivity index (χ4v) is 5.24. The maximum atomic E-state index is 11.7. The lowest BCUT2D eigenvalue weighted by atomic mass is 10.1. The molecule has 0 fully saturated rings. The van der Waals surface area contributed by atoms with E-state index in [1.165, 1.54) is 21.6 Å². The molecule has 0 aliphatic heterocycles. The Kier molecular flexibility index (Phi) is 14.5. The molecule has 10 heteroatoms. The maximum absolute atomic E-state index is 11.7. The van der Waals surface area contributed by atoms with Crippen molar-refractivity contribution in [3.63, 3.8) is 0 Å². The van der Waals surface area contributed by atoms with Crippen LogP contribution in [0, 0.1) is 0 Å². The minimum atomic E-state index is -0.292. The van der Waals surface area contributed by atoms with Gasteiger partial charge in [0.05, 0.1) is 24.3 Å². The van der Waals surface area contributed by atoms with E-state index in [0.717, 1.165) is 49.9 Å². The highest BCUT2D eigenvalue weighted by Gasteiger charge is 2.07. The standard InChI is InChI=1S/C26H32N2O4S4/c1-3-31-23(29)21-13-9-19(10-14-21)7-5-17-27-25(33)35-36-26(34)28-18-6-8-20-11-15-22(16-12-20)24(30)32-4-2/h9-16H,3-8,17-18H2,1-2H3,(H,27,33)(H,28,34). The normalized spacial score (nSPS) is 10.4. The van der Waals surface area contributed by atoms with Crippen molar-refractivity contribution in [1.82, 2.24) is 10.6 Å². The molecule has 0 amide bonds. The monoisotopic (exact) mass is 564 g/mol. The molecule has 0 spiro atoms. The van der Waals surface area contributed by atoms with Gasteiger partial charge in [-0.1, -0.05) is 48.7 Å². The molecule has 2 aromatic rings. The summed E-state index contributed by atoms with van der Waals surface area (Å²) in [6, 6.07) is 15.0. The Morgan fingerprint density at radius 3 is 1.39 bits per heavy atom. The molecule has 0 aromatic heterocycles. The smallest absolute Gasteiger partial charge is 0.338 e. The van der Waals surface area contributed by atoms with Crippen molar-refractivity contribution < 1.29 is 19.1 Å². The summed E-state index contributed by atoms with van der Waals surface area (Å²) in [7, 11) is 2.88. The van der Waals surface area contributed by atoms with Gasteiger partial charge < -0.3 is 20.1 Å². The number of nitrogens with one attached hydrogen (secondary N) is 2. The quantitative estimate of drug-likeness (QED) is 0.144. The molecule has 0 bridgehead atoms. The average molecular weight is 565 g/mol. The van der Waals surface area contributed by atoms with Crippen LogP contribution in [0.2, 0.25) is 0 Å². The number of benzene rings is 2. The summed E-state index contributed by atoms with van der Waals surface area (Å²) in [4.78, 5) is 23.4. The van der Waals surface area contributed by atoms with Gasteiger partial charge in [-0.15, -0.1) is 0 Å². The van der Waals surface area contributed by atoms with Gasteiger partial charge in [0.25, 0.3) is 0 Å². The van der Waals surface area contributed by atoms with Gasteiger partial charge in [0.1, 0.15) is 8.64 Å². The van der Waals surface area contributed by atoms with Crippen molar-refractivity contribution in [2.75, 3.05) is 26.3 Å². The SMILES string of the molecule is CCOC(=O)c1ccc(CCCNC(=S)SSC(=S)NCCCc2ccc(C(=O)OCC)cc2)cc1. The Morgan fingerprint density at radius 1 is 0.694 bits per heavy atom. The highest BCUT2D eigenvalue weighted by molar-refractivity contribution is 8.89. The van der Waals surface area contributed by atoms with E-state index < -0.39 is 0 Å². The third-order valence-corrected chi connectivity index (χ3v) is 8.29. The van der Waals surface area contributed by atoms with Gasteiger partial charge in [-0.25, -0.2) is 9.59 Å². The van der Waals surface area contributed by atoms with E-state index in [1.54, 1.807) is 38.1 Å². The first-order chi connectivity index (χ1) is 17.4. The Balaban J connectivity index is 1.53. The van der Waals surface area contributed by atoms with Crippen molar-refractivity contribution in [2.24, 2.45) is 0 Å². The van der Waals surface area contributed by atoms with Crippen LogP contribution in [0.3, 0.4) is 0 Å². The number of esters is 2. The first kappa shape index (κ1) is 30.1. The first-order valence-electron chi connectivity index (χ1n) is 11.8. The minimum absolute atomic E-state index is 0.292. The predicted molar refractivity (Wildman–Crippen MR) is 158 cm³/mol. The van der Waals surface area contributed by atoms with Crippen LogP contribution < -0.4 is 10.6 Å². The molecule has 194 valence electrons.